The Labute approximate surface area is 134 Å². The summed E-state index contributed by atoms with van der Waals surface area (Å²) in [6.45, 7) is 0.362. The van der Waals surface area contributed by atoms with E-state index in [4.69, 9.17) is 9.47 Å². The zero-order chi connectivity index (χ0) is 16.2. The molecule has 1 aliphatic carbocycles. The van der Waals surface area contributed by atoms with Crippen LogP contribution in [0.3, 0.4) is 0 Å². The van der Waals surface area contributed by atoms with Gasteiger partial charge in [-0.25, -0.2) is 9.97 Å². The lowest BCUT2D eigenvalue weighted by Crippen LogP contribution is -2.23. The summed E-state index contributed by atoms with van der Waals surface area (Å²) in [6, 6.07) is 7.04. The molecule has 0 atom stereocenters. The number of methoxy groups -OCH3 is 2. The van der Waals surface area contributed by atoms with Gasteiger partial charge in [0.1, 0.15) is 17.8 Å². The molecule has 1 heterocycles. The quantitative estimate of drug-likeness (QED) is 0.886. The molecule has 1 aromatic carbocycles. The summed E-state index contributed by atoms with van der Waals surface area (Å²) in [5.41, 5.74) is 2.36. The molecule has 0 radical (unpaired) electrons. The van der Waals surface area contributed by atoms with Crippen molar-refractivity contribution in [2.24, 2.45) is 0 Å². The molecule has 120 valence electrons. The number of nitrogens with one attached hydrogen (secondary N) is 1. The second kappa shape index (κ2) is 6.64. The molecule has 1 aromatic heterocycles. The minimum atomic E-state index is -0.200. The first kappa shape index (κ1) is 15.3. The number of hydrogen-bond acceptors (Lipinski definition) is 5. The average molecular weight is 313 g/mol. The fourth-order valence-corrected chi connectivity index (χ4v) is 2.33. The van der Waals surface area contributed by atoms with E-state index >= 15 is 0 Å². The molecule has 6 heteroatoms. The van der Waals surface area contributed by atoms with Crippen molar-refractivity contribution in [3.63, 3.8) is 0 Å². The number of benzene rings is 1. The van der Waals surface area contributed by atoms with Crippen molar-refractivity contribution < 1.29 is 14.3 Å². The van der Waals surface area contributed by atoms with Crippen molar-refractivity contribution in [3.8, 4) is 11.5 Å². The predicted octanol–water partition coefficient (Wildman–Crippen LogP) is 2.30. The number of hydrogen-bond donors (Lipinski definition) is 1. The third-order valence-electron chi connectivity index (χ3n) is 3.78. The van der Waals surface area contributed by atoms with Gasteiger partial charge in [-0.1, -0.05) is 0 Å². The summed E-state index contributed by atoms with van der Waals surface area (Å²) in [7, 11) is 3.10. The van der Waals surface area contributed by atoms with Crippen LogP contribution in [0.2, 0.25) is 0 Å². The van der Waals surface area contributed by atoms with Crippen molar-refractivity contribution in [2.45, 2.75) is 25.3 Å². The highest BCUT2D eigenvalue weighted by Crippen LogP contribution is 2.38. The van der Waals surface area contributed by atoms with E-state index in [0.29, 0.717) is 29.5 Å². The van der Waals surface area contributed by atoms with Gasteiger partial charge in [0, 0.05) is 23.2 Å². The van der Waals surface area contributed by atoms with Crippen LogP contribution in [0.4, 0.5) is 0 Å². The molecule has 1 N–H and O–H groups in total. The zero-order valence-electron chi connectivity index (χ0n) is 13.2. The Balaban J connectivity index is 1.68. The molecule has 23 heavy (non-hydrogen) atoms. The van der Waals surface area contributed by atoms with Crippen molar-refractivity contribution in [3.05, 3.63) is 47.5 Å². The second-order valence-electron chi connectivity index (χ2n) is 5.49. The second-order valence-corrected chi connectivity index (χ2v) is 5.49. The number of nitrogens with zero attached hydrogens (tertiary/aromatic N) is 2. The van der Waals surface area contributed by atoms with Crippen molar-refractivity contribution >= 4 is 5.91 Å². The standard InChI is InChI=1S/C17H19N3O3/c1-22-14-5-12(6-15(8-14)23-2)17(21)18-9-13-7-16(11-3-4-11)20-10-19-13/h5-8,10-11H,3-4,9H2,1-2H3,(H,18,21). The third-order valence-corrected chi connectivity index (χ3v) is 3.78. The highest BCUT2D eigenvalue weighted by molar-refractivity contribution is 5.95. The van der Waals surface area contributed by atoms with Gasteiger partial charge in [0.05, 0.1) is 26.5 Å². The first-order chi connectivity index (χ1) is 11.2. The molecule has 3 rings (SSSR count). The van der Waals surface area contributed by atoms with Crippen molar-refractivity contribution in [1.82, 2.24) is 15.3 Å². The van der Waals surface area contributed by atoms with E-state index in [9.17, 15) is 4.79 Å². The number of carbonyl (C=O) groups is 1. The van der Waals surface area contributed by atoms with E-state index in [1.807, 2.05) is 6.07 Å². The fraction of sp³-hybridized carbons (Fsp3) is 0.353. The molecule has 6 nitrogen and oxygen atoms in total. The molecule has 0 aliphatic heterocycles. The summed E-state index contributed by atoms with van der Waals surface area (Å²) < 4.78 is 10.4. The zero-order valence-corrected chi connectivity index (χ0v) is 13.2. The maximum atomic E-state index is 12.3. The van der Waals surface area contributed by atoms with Crippen molar-refractivity contribution in [1.29, 1.82) is 0 Å². The number of ether oxygens (including phenoxy) is 2. The van der Waals surface area contributed by atoms with Gasteiger partial charge in [0.2, 0.25) is 0 Å². The first-order valence-corrected chi connectivity index (χ1v) is 7.51. The Morgan fingerprint density at radius 2 is 1.83 bits per heavy atom. The van der Waals surface area contributed by atoms with E-state index < -0.39 is 0 Å². The Bertz CT molecular complexity index is 692. The van der Waals surface area contributed by atoms with Gasteiger partial charge in [-0.2, -0.15) is 0 Å². The topological polar surface area (TPSA) is 73.3 Å². The molecule has 0 saturated heterocycles. The van der Waals surface area contributed by atoms with Crippen LogP contribution in [-0.2, 0) is 6.54 Å². The van der Waals surface area contributed by atoms with Gasteiger partial charge in [0.25, 0.3) is 5.91 Å². The molecule has 2 aromatic rings. The van der Waals surface area contributed by atoms with Crippen LogP contribution in [0.1, 0.15) is 40.5 Å². The summed E-state index contributed by atoms with van der Waals surface area (Å²) >= 11 is 0. The lowest BCUT2D eigenvalue weighted by molar-refractivity contribution is 0.0949. The Kier molecular flexibility index (Phi) is 4.41. The maximum Gasteiger partial charge on any atom is 0.251 e. The normalized spacial score (nSPS) is 13.5. The largest absolute Gasteiger partial charge is 0.497 e. The van der Waals surface area contributed by atoms with Crippen molar-refractivity contribution in [2.75, 3.05) is 14.2 Å². The van der Waals surface area contributed by atoms with Crippen LogP contribution in [0.25, 0.3) is 0 Å². The highest BCUT2D eigenvalue weighted by Gasteiger charge is 2.25. The third kappa shape index (κ3) is 3.77. The average Bonchev–Trinajstić information content (AvgIpc) is 3.44. The van der Waals surface area contributed by atoms with Crippen LogP contribution < -0.4 is 14.8 Å². The summed E-state index contributed by atoms with van der Waals surface area (Å²) in [4.78, 5) is 20.8. The molecule has 0 unspecified atom stereocenters. The summed E-state index contributed by atoms with van der Waals surface area (Å²) in [5, 5.41) is 2.86. The number of amides is 1. The highest BCUT2D eigenvalue weighted by atomic mass is 16.5. The first-order valence-electron chi connectivity index (χ1n) is 7.51. The molecule has 1 aliphatic rings. The van der Waals surface area contributed by atoms with Gasteiger partial charge < -0.3 is 14.8 Å². The minimum absolute atomic E-state index is 0.200. The van der Waals surface area contributed by atoms with Gasteiger partial charge in [-0.3, -0.25) is 4.79 Å². The monoisotopic (exact) mass is 313 g/mol. The Hall–Kier alpha value is -2.63. The van der Waals surface area contributed by atoms with E-state index in [1.165, 1.54) is 12.8 Å². The smallest absolute Gasteiger partial charge is 0.251 e. The van der Waals surface area contributed by atoms with E-state index in [2.05, 4.69) is 15.3 Å². The van der Waals surface area contributed by atoms with E-state index in [0.717, 1.165) is 11.4 Å². The molecule has 1 amide bonds. The summed E-state index contributed by atoms with van der Waals surface area (Å²) in [6.07, 6.45) is 3.93. The molecular weight excluding hydrogens is 294 g/mol. The predicted molar refractivity (Wildman–Crippen MR) is 84.7 cm³/mol. The SMILES string of the molecule is COc1cc(OC)cc(C(=O)NCc2cc(C3CC3)ncn2)c1. The van der Waals surface area contributed by atoms with Gasteiger partial charge >= 0.3 is 0 Å². The van der Waals surface area contributed by atoms with Gasteiger partial charge in [-0.05, 0) is 31.0 Å². The van der Waals surface area contributed by atoms with E-state index in [1.54, 1.807) is 38.7 Å². The fourth-order valence-electron chi connectivity index (χ4n) is 2.33. The van der Waals surface area contributed by atoms with Crippen LogP contribution in [-0.4, -0.2) is 30.1 Å². The molecule has 0 spiro atoms. The van der Waals surface area contributed by atoms with E-state index in [-0.39, 0.29) is 5.91 Å². The molecular formula is C17H19N3O3. The van der Waals surface area contributed by atoms with Crippen LogP contribution in [0, 0.1) is 0 Å². The molecule has 1 saturated carbocycles. The number of rotatable bonds is 6. The lowest BCUT2D eigenvalue weighted by atomic mass is 10.2. The Morgan fingerprint density at radius 3 is 2.43 bits per heavy atom. The lowest BCUT2D eigenvalue weighted by Gasteiger charge is -2.09. The number of aromatic nitrogens is 2. The van der Waals surface area contributed by atoms with Gasteiger partial charge in [0.15, 0.2) is 0 Å². The maximum absolute atomic E-state index is 12.3. The van der Waals surface area contributed by atoms with Crippen LogP contribution in [0.15, 0.2) is 30.6 Å². The summed E-state index contributed by atoms with van der Waals surface area (Å²) in [5.74, 6) is 1.52. The van der Waals surface area contributed by atoms with Crippen LogP contribution >= 0.6 is 0 Å². The molecule has 1 fully saturated rings. The number of carbonyl (C=O) groups excluding carboxylic acids is 1. The minimum Gasteiger partial charge on any atom is -0.497 e. The molecule has 0 bridgehead atoms. The van der Waals surface area contributed by atoms with Gasteiger partial charge in [-0.15, -0.1) is 0 Å². The Morgan fingerprint density at radius 1 is 1.13 bits per heavy atom. The van der Waals surface area contributed by atoms with Crippen LogP contribution in [0.5, 0.6) is 11.5 Å².